The van der Waals surface area contributed by atoms with Gasteiger partial charge in [-0.2, -0.15) is 0 Å². The van der Waals surface area contributed by atoms with Crippen molar-refractivity contribution in [2.45, 2.75) is 12.5 Å². The van der Waals surface area contributed by atoms with E-state index in [4.69, 9.17) is 9.47 Å². The van der Waals surface area contributed by atoms with E-state index in [1.165, 1.54) is 18.2 Å². The number of carbonyl (C=O) groups is 1. The molecule has 0 radical (unpaired) electrons. The predicted octanol–water partition coefficient (Wildman–Crippen LogP) is 5.32. The Balaban J connectivity index is 1.88. The lowest BCUT2D eigenvalue weighted by Crippen LogP contribution is -2.30. The highest BCUT2D eigenvalue weighted by Gasteiger charge is 2.19. The van der Waals surface area contributed by atoms with E-state index in [1.54, 1.807) is 14.2 Å². The number of hydrogen-bond acceptors (Lipinski definition) is 3. The Hall–Kier alpha value is -2.86. The molecule has 1 unspecified atom stereocenters. The number of ether oxygens (including phenoxy) is 2. The average molecular weight is 458 g/mol. The maximum atomic E-state index is 13.6. The third-order valence-electron chi connectivity index (χ3n) is 4.60. The first-order chi connectivity index (χ1) is 14.0. The normalized spacial score (nSPS) is 11.6. The Labute approximate surface area is 177 Å². The van der Waals surface area contributed by atoms with Gasteiger partial charge in [0.05, 0.1) is 25.8 Å². The standard InChI is InChI=1S/C23H21BrFNO3/c1-28-18-8-3-15(4-9-18)13-22(16-5-10-19(29-2)11-6-16)26-23(27)20-14-17(25)7-12-21(20)24/h3-12,14,22H,13H2,1-2H3,(H,26,27). The highest BCUT2D eigenvalue weighted by Crippen LogP contribution is 2.25. The zero-order chi connectivity index (χ0) is 20.8. The molecule has 0 aliphatic rings. The second-order valence-electron chi connectivity index (χ2n) is 6.48. The minimum atomic E-state index is -0.463. The van der Waals surface area contributed by atoms with Gasteiger partial charge in [0.25, 0.3) is 5.91 Å². The summed E-state index contributed by atoms with van der Waals surface area (Å²) in [6, 6.07) is 18.9. The van der Waals surface area contributed by atoms with Crippen LogP contribution in [0.15, 0.2) is 71.2 Å². The van der Waals surface area contributed by atoms with Crippen molar-refractivity contribution in [3.8, 4) is 11.5 Å². The minimum Gasteiger partial charge on any atom is -0.497 e. The van der Waals surface area contributed by atoms with Gasteiger partial charge in [0.2, 0.25) is 0 Å². The van der Waals surface area contributed by atoms with Crippen molar-refractivity contribution in [3.63, 3.8) is 0 Å². The number of methoxy groups -OCH3 is 2. The van der Waals surface area contributed by atoms with Crippen LogP contribution in [0.4, 0.5) is 4.39 Å². The zero-order valence-corrected chi connectivity index (χ0v) is 17.7. The Bertz CT molecular complexity index is 974. The van der Waals surface area contributed by atoms with Gasteiger partial charge >= 0.3 is 0 Å². The van der Waals surface area contributed by atoms with Crippen molar-refractivity contribution in [1.82, 2.24) is 5.32 Å². The molecule has 0 aliphatic carbocycles. The molecule has 1 N–H and O–H groups in total. The van der Waals surface area contributed by atoms with E-state index in [9.17, 15) is 9.18 Å². The smallest absolute Gasteiger partial charge is 0.253 e. The SMILES string of the molecule is COc1ccc(CC(NC(=O)c2cc(F)ccc2Br)c2ccc(OC)cc2)cc1. The van der Waals surface area contributed by atoms with Crippen molar-refractivity contribution in [1.29, 1.82) is 0 Å². The summed E-state index contributed by atoms with van der Waals surface area (Å²) in [5.74, 6) is 0.679. The van der Waals surface area contributed by atoms with E-state index in [0.717, 1.165) is 22.6 Å². The summed E-state index contributed by atoms with van der Waals surface area (Å²) in [4.78, 5) is 12.9. The maximum absolute atomic E-state index is 13.6. The van der Waals surface area contributed by atoms with E-state index in [-0.39, 0.29) is 17.5 Å². The molecule has 1 atom stereocenters. The molecular weight excluding hydrogens is 437 g/mol. The molecule has 150 valence electrons. The molecule has 0 saturated carbocycles. The number of hydrogen-bond donors (Lipinski definition) is 1. The average Bonchev–Trinajstić information content (AvgIpc) is 2.75. The van der Waals surface area contributed by atoms with Gasteiger partial charge in [0.15, 0.2) is 0 Å². The Morgan fingerprint density at radius 2 is 1.55 bits per heavy atom. The van der Waals surface area contributed by atoms with Crippen molar-refractivity contribution in [2.24, 2.45) is 0 Å². The second-order valence-corrected chi connectivity index (χ2v) is 7.33. The summed E-state index contributed by atoms with van der Waals surface area (Å²) in [6.07, 6.45) is 0.564. The molecule has 29 heavy (non-hydrogen) atoms. The fourth-order valence-corrected chi connectivity index (χ4v) is 3.42. The van der Waals surface area contributed by atoms with Gasteiger partial charge in [-0.1, -0.05) is 24.3 Å². The molecule has 6 heteroatoms. The van der Waals surface area contributed by atoms with E-state index in [2.05, 4.69) is 21.2 Å². The second kappa shape index (κ2) is 9.56. The van der Waals surface area contributed by atoms with Crippen molar-refractivity contribution in [3.05, 3.63) is 93.7 Å². The molecule has 0 heterocycles. The molecule has 0 saturated heterocycles. The van der Waals surface area contributed by atoms with Gasteiger partial charge < -0.3 is 14.8 Å². The zero-order valence-electron chi connectivity index (χ0n) is 16.1. The fourth-order valence-electron chi connectivity index (χ4n) is 2.99. The van der Waals surface area contributed by atoms with Crippen LogP contribution in [0.25, 0.3) is 0 Å². The molecule has 0 aromatic heterocycles. The molecule has 3 aromatic rings. The van der Waals surface area contributed by atoms with E-state index in [0.29, 0.717) is 10.9 Å². The van der Waals surface area contributed by atoms with E-state index in [1.807, 2.05) is 48.5 Å². The number of amides is 1. The highest BCUT2D eigenvalue weighted by molar-refractivity contribution is 9.10. The van der Waals surface area contributed by atoms with Gasteiger partial charge in [-0.15, -0.1) is 0 Å². The Morgan fingerprint density at radius 3 is 2.14 bits per heavy atom. The van der Waals surface area contributed by atoms with Crippen LogP contribution in [0, 0.1) is 5.82 Å². The molecular formula is C23H21BrFNO3. The summed E-state index contributed by atoms with van der Waals surface area (Å²) >= 11 is 3.32. The van der Waals surface area contributed by atoms with E-state index >= 15 is 0 Å². The molecule has 1 amide bonds. The van der Waals surface area contributed by atoms with Crippen LogP contribution >= 0.6 is 15.9 Å². The van der Waals surface area contributed by atoms with Gasteiger partial charge in [-0.25, -0.2) is 4.39 Å². The third-order valence-corrected chi connectivity index (χ3v) is 5.29. The summed E-state index contributed by atoms with van der Waals surface area (Å²) in [6.45, 7) is 0. The van der Waals surface area contributed by atoms with Crippen molar-refractivity contribution < 1.29 is 18.7 Å². The first kappa shape index (κ1) is 20.9. The van der Waals surface area contributed by atoms with Crippen molar-refractivity contribution in [2.75, 3.05) is 14.2 Å². The minimum absolute atomic E-state index is 0.248. The number of halogens is 2. The van der Waals surface area contributed by atoms with Crippen LogP contribution in [0.2, 0.25) is 0 Å². The number of nitrogens with one attached hydrogen (secondary N) is 1. The molecule has 0 bridgehead atoms. The topological polar surface area (TPSA) is 47.6 Å². The first-order valence-corrected chi connectivity index (χ1v) is 9.82. The summed E-state index contributed by atoms with van der Waals surface area (Å²) in [7, 11) is 3.22. The van der Waals surface area contributed by atoms with E-state index < -0.39 is 5.82 Å². The van der Waals surface area contributed by atoms with Crippen LogP contribution in [0.5, 0.6) is 11.5 Å². The van der Waals surface area contributed by atoms with Crippen molar-refractivity contribution >= 4 is 21.8 Å². The molecule has 0 fully saturated rings. The molecule has 0 spiro atoms. The summed E-state index contributed by atoms with van der Waals surface area (Å²) in [5.41, 5.74) is 2.20. The summed E-state index contributed by atoms with van der Waals surface area (Å²) < 4.78 is 24.6. The lowest BCUT2D eigenvalue weighted by atomic mass is 9.98. The van der Waals surface area contributed by atoms with Crippen LogP contribution in [0.1, 0.15) is 27.5 Å². The summed E-state index contributed by atoms with van der Waals surface area (Å²) in [5, 5.41) is 3.02. The van der Waals surface area contributed by atoms with Gasteiger partial charge in [0.1, 0.15) is 17.3 Å². The number of carbonyl (C=O) groups excluding carboxylic acids is 1. The predicted molar refractivity (Wildman–Crippen MR) is 114 cm³/mol. The lowest BCUT2D eigenvalue weighted by molar-refractivity contribution is 0.0935. The van der Waals surface area contributed by atoms with Gasteiger partial charge in [0, 0.05) is 4.47 Å². The molecule has 0 aliphatic heterocycles. The number of benzene rings is 3. The van der Waals surface area contributed by atoms with Gasteiger partial charge in [-0.05, 0) is 75.9 Å². The van der Waals surface area contributed by atoms with Crippen LogP contribution in [-0.4, -0.2) is 20.1 Å². The Kier molecular flexibility index (Phi) is 6.88. The number of rotatable bonds is 7. The fraction of sp³-hybridized carbons (Fsp3) is 0.174. The third kappa shape index (κ3) is 5.35. The van der Waals surface area contributed by atoms with Crippen LogP contribution in [0.3, 0.4) is 0 Å². The highest BCUT2D eigenvalue weighted by atomic mass is 79.9. The van der Waals surface area contributed by atoms with Crippen LogP contribution < -0.4 is 14.8 Å². The molecule has 3 rings (SSSR count). The molecule has 4 nitrogen and oxygen atoms in total. The molecule has 3 aromatic carbocycles. The van der Waals surface area contributed by atoms with Crippen LogP contribution in [-0.2, 0) is 6.42 Å². The Morgan fingerprint density at radius 1 is 0.966 bits per heavy atom. The first-order valence-electron chi connectivity index (χ1n) is 9.03. The quantitative estimate of drug-likeness (QED) is 0.522. The lowest BCUT2D eigenvalue weighted by Gasteiger charge is -2.20. The largest absolute Gasteiger partial charge is 0.497 e. The maximum Gasteiger partial charge on any atom is 0.253 e. The van der Waals surface area contributed by atoms with Gasteiger partial charge in [-0.3, -0.25) is 4.79 Å². The monoisotopic (exact) mass is 457 g/mol.